The van der Waals surface area contributed by atoms with Gasteiger partial charge in [0.1, 0.15) is 34.5 Å². The lowest BCUT2D eigenvalue weighted by atomic mass is 9.81. The van der Waals surface area contributed by atoms with Gasteiger partial charge in [0.25, 0.3) is 0 Å². The Kier molecular flexibility index (Phi) is 5.17. The first-order valence-corrected chi connectivity index (χ1v) is 9.81. The number of phenolic OH excluding ortho intramolecular Hbond substituents is 1. The molecule has 2 aliphatic rings. The topological polar surface area (TPSA) is 93.1 Å². The van der Waals surface area contributed by atoms with E-state index in [9.17, 15) is 19.8 Å². The zero-order valence-corrected chi connectivity index (χ0v) is 17.0. The molecule has 6 heteroatoms. The van der Waals surface area contributed by atoms with Crippen LogP contribution in [0.15, 0.2) is 6.08 Å². The van der Waals surface area contributed by atoms with Crippen LogP contribution < -0.4 is 9.47 Å². The van der Waals surface area contributed by atoms with Crippen molar-refractivity contribution in [2.75, 3.05) is 0 Å². The number of carbonyl (C=O) groups excluding carboxylic acids is 1. The van der Waals surface area contributed by atoms with E-state index in [2.05, 4.69) is 0 Å². The number of carboxylic acids is 1. The zero-order chi connectivity index (χ0) is 20.8. The molecule has 2 heterocycles. The molecular formula is C22H28O6. The van der Waals surface area contributed by atoms with Gasteiger partial charge in [-0.05, 0) is 39.3 Å². The molecule has 0 saturated heterocycles. The zero-order valence-electron chi connectivity index (χ0n) is 17.0. The minimum Gasteiger partial charge on any atom is -0.506 e. The number of hydrogen-bond donors (Lipinski definition) is 2. The molecule has 0 aromatic heterocycles. The highest BCUT2D eigenvalue weighted by Crippen LogP contribution is 2.53. The number of aromatic hydroxyl groups is 1. The maximum atomic E-state index is 13.0. The van der Waals surface area contributed by atoms with Crippen LogP contribution in [0.1, 0.15) is 81.3 Å². The summed E-state index contributed by atoms with van der Waals surface area (Å²) in [6.07, 6.45) is 4.45. The molecule has 0 fully saturated rings. The fourth-order valence-electron chi connectivity index (χ4n) is 3.94. The summed E-state index contributed by atoms with van der Waals surface area (Å²) in [5, 5.41) is 20.4. The van der Waals surface area contributed by atoms with Gasteiger partial charge in [0.05, 0.1) is 17.9 Å². The first-order valence-electron chi connectivity index (χ1n) is 9.81. The average molecular weight is 388 g/mol. The number of carbonyl (C=O) groups is 2. The minimum atomic E-state index is -0.928. The first kappa shape index (κ1) is 20.2. The second-order valence-corrected chi connectivity index (χ2v) is 8.31. The van der Waals surface area contributed by atoms with Gasteiger partial charge in [-0.3, -0.25) is 9.59 Å². The van der Waals surface area contributed by atoms with Gasteiger partial charge >= 0.3 is 5.97 Å². The first-order chi connectivity index (χ1) is 13.1. The third-order valence-electron chi connectivity index (χ3n) is 5.60. The standard InChI is InChI=1S/C22H28O6/c1-6-7-13(10-15(23)24)16-20-14(8-9-22(4,5)28-20)19(26)17-18(25)11(2)12(3)27-21(16)17/h8-9,11-13,26H,6-7,10H2,1-5H3,(H,23,24). The van der Waals surface area contributed by atoms with E-state index in [1.54, 1.807) is 13.0 Å². The molecule has 3 rings (SSSR count). The van der Waals surface area contributed by atoms with Crippen molar-refractivity contribution in [3.05, 3.63) is 22.8 Å². The van der Waals surface area contributed by atoms with Gasteiger partial charge in [-0.1, -0.05) is 20.3 Å². The lowest BCUT2D eigenvalue weighted by Gasteiger charge is -2.37. The smallest absolute Gasteiger partial charge is 0.303 e. The van der Waals surface area contributed by atoms with Gasteiger partial charge < -0.3 is 19.7 Å². The molecule has 0 aliphatic carbocycles. The number of hydrogen-bond acceptors (Lipinski definition) is 5. The molecule has 0 bridgehead atoms. The molecule has 1 aromatic carbocycles. The Hall–Kier alpha value is -2.50. The molecule has 0 radical (unpaired) electrons. The highest BCUT2D eigenvalue weighted by atomic mass is 16.5. The molecule has 0 amide bonds. The van der Waals surface area contributed by atoms with Crippen LogP contribution in [-0.4, -0.2) is 33.7 Å². The highest BCUT2D eigenvalue weighted by molar-refractivity contribution is 6.06. The number of rotatable bonds is 5. The molecule has 1 aromatic rings. The summed E-state index contributed by atoms with van der Waals surface area (Å²) < 4.78 is 12.3. The number of carboxylic acid groups (broad SMARTS) is 1. The quantitative estimate of drug-likeness (QED) is 0.769. The summed E-state index contributed by atoms with van der Waals surface area (Å²) >= 11 is 0. The van der Waals surface area contributed by atoms with Crippen molar-refractivity contribution in [3.63, 3.8) is 0 Å². The van der Waals surface area contributed by atoms with Crippen molar-refractivity contribution in [1.29, 1.82) is 0 Å². The van der Waals surface area contributed by atoms with E-state index in [-0.39, 0.29) is 41.3 Å². The Morgan fingerprint density at radius 1 is 1.29 bits per heavy atom. The fraction of sp³-hybridized carbons (Fsp3) is 0.545. The maximum Gasteiger partial charge on any atom is 0.303 e. The molecular weight excluding hydrogens is 360 g/mol. The van der Waals surface area contributed by atoms with Crippen molar-refractivity contribution in [2.45, 2.75) is 71.5 Å². The van der Waals surface area contributed by atoms with Crippen LogP contribution in [-0.2, 0) is 4.79 Å². The van der Waals surface area contributed by atoms with Gasteiger partial charge in [-0.2, -0.15) is 0 Å². The maximum absolute atomic E-state index is 13.0. The molecule has 3 unspecified atom stereocenters. The van der Waals surface area contributed by atoms with Crippen molar-refractivity contribution in [1.82, 2.24) is 0 Å². The van der Waals surface area contributed by atoms with Crippen molar-refractivity contribution in [2.24, 2.45) is 5.92 Å². The second kappa shape index (κ2) is 7.15. The number of Topliss-reactive ketones (excluding diaryl/α,β-unsaturated/α-hetero) is 1. The third-order valence-corrected chi connectivity index (χ3v) is 5.60. The van der Waals surface area contributed by atoms with Crippen LogP contribution in [0.4, 0.5) is 0 Å². The molecule has 3 atom stereocenters. The number of aliphatic carboxylic acids is 1. The van der Waals surface area contributed by atoms with Crippen LogP contribution >= 0.6 is 0 Å². The monoisotopic (exact) mass is 388 g/mol. The van der Waals surface area contributed by atoms with Crippen molar-refractivity contribution < 1.29 is 29.3 Å². The van der Waals surface area contributed by atoms with Gasteiger partial charge in [-0.15, -0.1) is 0 Å². The van der Waals surface area contributed by atoms with E-state index in [0.29, 0.717) is 23.3 Å². The highest BCUT2D eigenvalue weighted by Gasteiger charge is 2.41. The number of ketones is 1. The van der Waals surface area contributed by atoms with Crippen molar-refractivity contribution in [3.8, 4) is 17.2 Å². The summed E-state index contributed by atoms with van der Waals surface area (Å²) in [4.78, 5) is 24.6. The lowest BCUT2D eigenvalue weighted by molar-refractivity contribution is -0.137. The Balaban J connectivity index is 2.34. The van der Waals surface area contributed by atoms with E-state index in [4.69, 9.17) is 9.47 Å². The van der Waals surface area contributed by atoms with Gasteiger partial charge in [0.2, 0.25) is 0 Å². The Labute approximate surface area is 165 Å². The second-order valence-electron chi connectivity index (χ2n) is 8.31. The molecule has 0 spiro atoms. The van der Waals surface area contributed by atoms with E-state index in [1.807, 2.05) is 33.8 Å². The average Bonchev–Trinajstić information content (AvgIpc) is 2.58. The summed E-state index contributed by atoms with van der Waals surface area (Å²) in [7, 11) is 0. The van der Waals surface area contributed by atoms with Gasteiger partial charge in [-0.25, -0.2) is 0 Å². The van der Waals surface area contributed by atoms with E-state index in [1.165, 1.54) is 0 Å². The minimum absolute atomic E-state index is 0.105. The van der Waals surface area contributed by atoms with Crippen molar-refractivity contribution >= 4 is 17.8 Å². The van der Waals surface area contributed by atoms with Crippen LogP contribution in [0, 0.1) is 5.92 Å². The summed E-state index contributed by atoms with van der Waals surface area (Å²) in [6.45, 7) is 9.33. The summed E-state index contributed by atoms with van der Waals surface area (Å²) in [6, 6.07) is 0. The SMILES string of the molecule is CCCC(CC(=O)O)c1c2c(c(O)c3c1OC(C)C(C)C3=O)C=CC(C)(C)O2. The third kappa shape index (κ3) is 3.36. The van der Waals surface area contributed by atoms with E-state index < -0.39 is 17.5 Å². The fourth-order valence-corrected chi connectivity index (χ4v) is 3.94. The van der Waals surface area contributed by atoms with Crippen LogP contribution in [0.2, 0.25) is 0 Å². The molecule has 2 aliphatic heterocycles. The predicted octanol–water partition coefficient (Wildman–Crippen LogP) is 4.53. The van der Waals surface area contributed by atoms with Gasteiger partial charge in [0, 0.05) is 11.5 Å². The van der Waals surface area contributed by atoms with E-state index >= 15 is 0 Å². The van der Waals surface area contributed by atoms with Crippen LogP contribution in [0.25, 0.3) is 6.08 Å². The molecule has 152 valence electrons. The molecule has 0 saturated carbocycles. The Bertz CT molecular complexity index is 851. The number of ether oxygens (including phenoxy) is 2. The van der Waals surface area contributed by atoms with Gasteiger partial charge in [0.15, 0.2) is 5.78 Å². The number of phenols is 1. The summed E-state index contributed by atoms with van der Waals surface area (Å²) in [5.74, 6) is -1.38. The van der Waals surface area contributed by atoms with Crippen LogP contribution in [0.3, 0.4) is 0 Å². The molecule has 28 heavy (non-hydrogen) atoms. The predicted molar refractivity (Wildman–Crippen MR) is 105 cm³/mol. The Morgan fingerprint density at radius 3 is 2.57 bits per heavy atom. The van der Waals surface area contributed by atoms with E-state index in [0.717, 1.165) is 6.42 Å². The molecule has 6 nitrogen and oxygen atoms in total. The summed E-state index contributed by atoms with van der Waals surface area (Å²) in [5.41, 5.74) is 0.508. The number of benzene rings is 1. The molecule has 2 N–H and O–H groups in total. The largest absolute Gasteiger partial charge is 0.506 e. The lowest BCUT2D eigenvalue weighted by Crippen LogP contribution is -2.36. The number of fused-ring (bicyclic) bond motifs is 2. The normalized spacial score (nSPS) is 23.2. The van der Waals surface area contributed by atoms with Crippen LogP contribution in [0.5, 0.6) is 17.2 Å². The Morgan fingerprint density at radius 2 is 1.96 bits per heavy atom.